The van der Waals surface area contributed by atoms with Gasteiger partial charge in [0.15, 0.2) is 5.54 Å². The van der Waals surface area contributed by atoms with Crippen LogP contribution < -0.4 is 5.73 Å². The van der Waals surface area contributed by atoms with E-state index in [0.717, 1.165) is 17.9 Å². The minimum absolute atomic E-state index is 0.367. The van der Waals surface area contributed by atoms with Gasteiger partial charge in [-0.15, -0.1) is 0 Å². The number of aryl methyl sites for hydroxylation is 2. The van der Waals surface area contributed by atoms with Crippen LogP contribution in [0, 0.1) is 0 Å². The first-order valence-corrected chi connectivity index (χ1v) is 7.07. The summed E-state index contributed by atoms with van der Waals surface area (Å²) >= 11 is 5.85. The van der Waals surface area contributed by atoms with E-state index in [2.05, 4.69) is 4.98 Å². The van der Waals surface area contributed by atoms with Gasteiger partial charge in [0.25, 0.3) is 0 Å². The number of hydrogen-bond donors (Lipinski definition) is 2. The number of hydrogen-bond acceptors (Lipinski definition) is 3. The lowest BCUT2D eigenvalue weighted by molar-refractivity contribution is -0.143. The van der Waals surface area contributed by atoms with E-state index in [1.807, 2.05) is 24.3 Å². The van der Waals surface area contributed by atoms with Gasteiger partial charge in [0.05, 0.1) is 0 Å². The molecule has 1 aromatic heterocycles. The van der Waals surface area contributed by atoms with Crippen molar-refractivity contribution in [3.8, 4) is 0 Å². The van der Waals surface area contributed by atoms with E-state index in [4.69, 9.17) is 17.3 Å². The van der Waals surface area contributed by atoms with Crippen molar-refractivity contribution >= 4 is 17.6 Å². The molecule has 3 N–H and O–H groups in total. The van der Waals surface area contributed by atoms with E-state index in [1.54, 1.807) is 17.0 Å². The quantitative estimate of drug-likeness (QED) is 0.859. The van der Waals surface area contributed by atoms with E-state index in [1.165, 1.54) is 12.5 Å². The molecule has 2 rings (SSSR count). The van der Waals surface area contributed by atoms with Crippen molar-refractivity contribution in [3.63, 3.8) is 0 Å². The fraction of sp³-hybridized carbons (Fsp3) is 0.333. The maximum Gasteiger partial charge on any atom is 0.331 e. The predicted molar refractivity (Wildman–Crippen MR) is 81.2 cm³/mol. The lowest BCUT2D eigenvalue weighted by atomic mass is 10.0. The summed E-state index contributed by atoms with van der Waals surface area (Å²) in [5, 5.41) is 9.89. The first-order chi connectivity index (χ1) is 9.91. The second-order valence-electron chi connectivity index (χ2n) is 5.18. The SMILES string of the molecule is CC(N)(C(=O)O)c1nccn1CCCc1ccc(Cl)cc1. The summed E-state index contributed by atoms with van der Waals surface area (Å²) in [4.78, 5) is 15.3. The molecular weight excluding hydrogens is 290 g/mol. The molecule has 1 heterocycles. The van der Waals surface area contributed by atoms with Gasteiger partial charge in [-0.25, -0.2) is 9.78 Å². The van der Waals surface area contributed by atoms with Gasteiger partial charge in [0.2, 0.25) is 0 Å². The summed E-state index contributed by atoms with van der Waals surface area (Å²) in [5.41, 5.74) is 5.54. The van der Waals surface area contributed by atoms with Crippen molar-refractivity contribution in [2.45, 2.75) is 31.8 Å². The molecule has 1 atom stereocenters. The summed E-state index contributed by atoms with van der Waals surface area (Å²) in [5.74, 6) is -0.723. The Morgan fingerprint density at radius 1 is 1.43 bits per heavy atom. The van der Waals surface area contributed by atoms with Gasteiger partial charge in [-0.05, 0) is 37.5 Å². The summed E-state index contributed by atoms with van der Waals surface area (Å²) < 4.78 is 1.80. The van der Waals surface area contributed by atoms with Crippen LogP contribution in [0.1, 0.15) is 24.7 Å². The normalized spacial score (nSPS) is 13.9. The molecule has 1 unspecified atom stereocenters. The Kier molecular flexibility index (Phi) is 4.65. The molecule has 112 valence electrons. The Bertz CT molecular complexity index is 620. The third-order valence-corrected chi connectivity index (χ3v) is 3.65. The predicted octanol–water partition coefficient (Wildman–Crippen LogP) is 2.43. The van der Waals surface area contributed by atoms with Gasteiger partial charge in [0.1, 0.15) is 5.82 Å². The second-order valence-corrected chi connectivity index (χ2v) is 5.62. The molecule has 0 radical (unpaired) electrons. The zero-order chi connectivity index (χ0) is 15.5. The van der Waals surface area contributed by atoms with Crippen LogP contribution in [-0.2, 0) is 23.3 Å². The molecule has 6 heteroatoms. The average molecular weight is 308 g/mol. The van der Waals surface area contributed by atoms with E-state index in [9.17, 15) is 9.90 Å². The first-order valence-electron chi connectivity index (χ1n) is 6.69. The van der Waals surface area contributed by atoms with E-state index >= 15 is 0 Å². The van der Waals surface area contributed by atoms with Crippen LogP contribution in [0.15, 0.2) is 36.7 Å². The highest BCUT2D eigenvalue weighted by atomic mass is 35.5. The molecule has 0 amide bonds. The average Bonchev–Trinajstić information content (AvgIpc) is 2.90. The summed E-state index contributed by atoms with van der Waals surface area (Å²) in [6.07, 6.45) is 5.07. The molecule has 1 aromatic carbocycles. The molecule has 0 bridgehead atoms. The van der Waals surface area contributed by atoms with Crippen LogP contribution in [0.4, 0.5) is 0 Å². The molecule has 0 fully saturated rings. The minimum atomic E-state index is -1.48. The standard InChI is InChI=1S/C15H18ClN3O2/c1-15(17,14(20)21)13-18-8-10-19(13)9-2-3-11-4-6-12(16)7-5-11/h4-8,10H,2-3,9,17H2,1H3,(H,20,21). The Labute approximate surface area is 128 Å². The Morgan fingerprint density at radius 3 is 2.71 bits per heavy atom. The van der Waals surface area contributed by atoms with Gasteiger partial charge in [-0.3, -0.25) is 0 Å². The fourth-order valence-corrected chi connectivity index (χ4v) is 2.27. The van der Waals surface area contributed by atoms with Crippen LogP contribution in [0.5, 0.6) is 0 Å². The number of carboxylic acid groups (broad SMARTS) is 1. The maximum absolute atomic E-state index is 11.2. The second kappa shape index (κ2) is 6.28. The molecule has 0 aliphatic heterocycles. The Balaban J connectivity index is 2.00. The van der Waals surface area contributed by atoms with Crippen LogP contribution in [0.2, 0.25) is 5.02 Å². The fourth-order valence-electron chi connectivity index (χ4n) is 2.14. The third kappa shape index (κ3) is 3.62. The molecule has 0 spiro atoms. The monoisotopic (exact) mass is 307 g/mol. The van der Waals surface area contributed by atoms with Gasteiger partial charge >= 0.3 is 5.97 Å². The largest absolute Gasteiger partial charge is 0.480 e. The van der Waals surface area contributed by atoms with Gasteiger partial charge in [-0.2, -0.15) is 0 Å². The molecular formula is C15H18ClN3O2. The molecule has 0 saturated heterocycles. The lowest BCUT2D eigenvalue weighted by Crippen LogP contribution is -2.44. The molecule has 0 aliphatic carbocycles. The Hall–Kier alpha value is -1.85. The number of carboxylic acids is 1. The third-order valence-electron chi connectivity index (χ3n) is 3.40. The number of rotatable bonds is 6. The summed E-state index contributed by atoms with van der Waals surface area (Å²) in [7, 11) is 0. The number of carbonyl (C=O) groups is 1. The van der Waals surface area contributed by atoms with E-state index in [-0.39, 0.29) is 0 Å². The van der Waals surface area contributed by atoms with Crippen LogP contribution >= 0.6 is 11.6 Å². The number of halogens is 1. The van der Waals surface area contributed by atoms with Crippen LogP contribution in [0.25, 0.3) is 0 Å². The smallest absolute Gasteiger partial charge is 0.331 e. The van der Waals surface area contributed by atoms with E-state index < -0.39 is 11.5 Å². The number of imidazole rings is 1. The zero-order valence-corrected chi connectivity index (χ0v) is 12.5. The minimum Gasteiger partial charge on any atom is -0.480 e. The van der Waals surface area contributed by atoms with E-state index in [0.29, 0.717) is 12.4 Å². The number of aliphatic carboxylic acids is 1. The summed E-state index contributed by atoms with van der Waals surface area (Å²) in [6.45, 7) is 2.12. The molecule has 0 saturated carbocycles. The number of nitrogens with zero attached hydrogens (tertiary/aromatic N) is 2. The highest BCUT2D eigenvalue weighted by molar-refractivity contribution is 6.30. The van der Waals surface area contributed by atoms with Crippen molar-refractivity contribution in [2.75, 3.05) is 0 Å². The maximum atomic E-state index is 11.2. The van der Waals surface area contributed by atoms with Gasteiger partial charge < -0.3 is 15.4 Å². The van der Waals surface area contributed by atoms with Crippen LogP contribution in [0.3, 0.4) is 0 Å². The van der Waals surface area contributed by atoms with Gasteiger partial charge in [-0.1, -0.05) is 23.7 Å². The van der Waals surface area contributed by atoms with Crippen molar-refractivity contribution in [3.05, 3.63) is 53.1 Å². The van der Waals surface area contributed by atoms with Crippen molar-refractivity contribution in [1.29, 1.82) is 0 Å². The number of aromatic nitrogens is 2. The molecule has 0 aliphatic rings. The topological polar surface area (TPSA) is 81.1 Å². The lowest BCUT2D eigenvalue weighted by Gasteiger charge is -2.20. The highest BCUT2D eigenvalue weighted by Crippen LogP contribution is 2.17. The van der Waals surface area contributed by atoms with Crippen molar-refractivity contribution < 1.29 is 9.90 Å². The molecule has 21 heavy (non-hydrogen) atoms. The zero-order valence-electron chi connectivity index (χ0n) is 11.8. The van der Waals surface area contributed by atoms with Gasteiger partial charge in [0, 0.05) is 24.0 Å². The van der Waals surface area contributed by atoms with Crippen molar-refractivity contribution in [1.82, 2.24) is 9.55 Å². The Morgan fingerprint density at radius 2 is 2.10 bits per heavy atom. The molecule has 2 aromatic rings. The highest BCUT2D eigenvalue weighted by Gasteiger charge is 2.34. The van der Waals surface area contributed by atoms with Crippen LogP contribution in [-0.4, -0.2) is 20.6 Å². The number of nitrogens with two attached hydrogens (primary N) is 1. The first kappa shape index (κ1) is 15.5. The van der Waals surface area contributed by atoms with Crippen molar-refractivity contribution in [2.24, 2.45) is 5.73 Å². The number of benzene rings is 1. The summed E-state index contributed by atoms with van der Waals surface area (Å²) in [6, 6.07) is 7.70. The molecule has 5 nitrogen and oxygen atoms in total.